The number of pyridine rings is 1. The number of nitrogens with one attached hydrogen (secondary N) is 1. The standard InChI is InChI=1S/C11H11N5S/c1-7-2-3-8(10(12)13)11(16-7)17-9-6-14-4-5-15-9/h2-6H,1H3,(H3,12,13). The van der Waals surface area contributed by atoms with Gasteiger partial charge in [0.05, 0.1) is 6.20 Å². The van der Waals surface area contributed by atoms with Gasteiger partial charge in [0.2, 0.25) is 0 Å². The van der Waals surface area contributed by atoms with Crippen LogP contribution in [0.3, 0.4) is 0 Å². The molecule has 0 unspecified atom stereocenters. The van der Waals surface area contributed by atoms with Gasteiger partial charge in [-0.3, -0.25) is 10.4 Å². The van der Waals surface area contributed by atoms with Gasteiger partial charge in [-0.05, 0) is 30.8 Å². The van der Waals surface area contributed by atoms with E-state index < -0.39 is 0 Å². The number of aryl methyl sites for hydroxylation is 1. The van der Waals surface area contributed by atoms with E-state index in [9.17, 15) is 0 Å². The molecule has 0 saturated heterocycles. The minimum Gasteiger partial charge on any atom is -0.384 e. The van der Waals surface area contributed by atoms with Crippen molar-refractivity contribution in [2.45, 2.75) is 17.0 Å². The predicted molar refractivity (Wildman–Crippen MR) is 66.1 cm³/mol. The fraction of sp³-hybridized carbons (Fsp3) is 0.0909. The van der Waals surface area contributed by atoms with Crippen molar-refractivity contribution in [2.24, 2.45) is 5.73 Å². The van der Waals surface area contributed by atoms with Crippen molar-refractivity contribution in [2.75, 3.05) is 0 Å². The SMILES string of the molecule is Cc1ccc(C(=N)N)c(Sc2cnccn2)n1. The van der Waals surface area contributed by atoms with Crippen LogP contribution in [0, 0.1) is 12.3 Å². The summed E-state index contributed by atoms with van der Waals surface area (Å²) in [4.78, 5) is 12.5. The van der Waals surface area contributed by atoms with Gasteiger partial charge in [-0.1, -0.05) is 0 Å². The molecule has 2 heterocycles. The number of hydrogen-bond acceptors (Lipinski definition) is 5. The molecular weight excluding hydrogens is 234 g/mol. The number of aromatic nitrogens is 3. The second-order valence-corrected chi connectivity index (χ2v) is 4.37. The van der Waals surface area contributed by atoms with Crippen LogP contribution in [0.4, 0.5) is 0 Å². The summed E-state index contributed by atoms with van der Waals surface area (Å²) in [5.74, 6) is 0.00360. The topological polar surface area (TPSA) is 88.5 Å². The summed E-state index contributed by atoms with van der Waals surface area (Å²) in [5.41, 5.74) is 7.01. The third kappa shape index (κ3) is 2.79. The van der Waals surface area contributed by atoms with Crippen LogP contribution in [0.15, 0.2) is 40.8 Å². The summed E-state index contributed by atoms with van der Waals surface area (Å²) >= 11 is 1.35. The van der Waals surface area contributed by atoms with Gasteiger partial charge in [-0.2, -0.15) is 0 Å². The molecule has 0 aromatic carbocycles. The molecule has 0 atom stereocenters. The van der Waals surface area contributed by atoms with Crippen LogP contribution in [0.2, 0.25) is 0 Å². The van der Waals surface area contributed by atoms with Crippen molar-refractivity contribution in [1.29, 1.82) is 5.41 Å². The van der Waals surface area contributed by atoms with Crippen molar-refractivity contribution in [3.63, 3.8) is 0 Å². The molecule has 0 aliphatic carbocycles. The van der Waals surface area contributed by atoms with Crippen LogP contribution in [0.25, 0.3) is 0 Å². The Balaban J connectivity index is 2.37. The van der Waals surface area contributed by atoms with Crippen LogP contribution < -0.4 is 5.73 Å². The number of nitrogens with two attached hydrogens (primary N) is 1. The Bertz CT molecular complexity index is 541. The van der Waals surface area contributed by atoms with Crippen molar-refractivity contribution >= 4 is 17.6 Å². The first-order valence-electron chi connectivity index (χ1n) is 4.93. The molecule has 17 heavy (non-hydrogen) atoms. The molecule has 0 saturated carbocycles. The van der Waals surface area contributed by atoms with E-state index >= 15 is 0 Å². The lowest BCUT2D eigenvalue weighted by Crippen LogP contribution is -2.13. The largest absolute Gasteiger partial charge is 0.384 e. The zero-order valence-electron chi connectivity index (χ0n) is 9.21. The molecule has 0 fully saturated rings. The van der Waals surface area contributed by atoms with Gasteiger partial charge in [0.1, 0.15) is 15.9 Å². The Morgan fingerprint density at radius 2 is 2.18 bits per heavy atom. The van der Waals surface area contributed by atoms with E-state index in [4.69, 9.17) is 11.1 Å². The number of amidine groups is 1. The van der Waals surface area contributed by atoms with E-state index in [2.05, 4.69) is 15.0 Å². The summed E-state index contributed by atoms with van der Waals surface area (Å²) in [7, 11) is 0. The van der Waals surface area contributed by atoms with Crippen molar-refractivity contribution in [3.05, 3.63) is 42.0 Å². The summed E-state index contributed by atoms with van der Waals surface area (Å²) in [6.07, 6.45) is 4.88. The molecule has 2 rings (SSSR count). The highest BCUT2D eigenvalue weighted by atomic mass is 32.2. The Hall–Kier alpha value is -1.95. The van der Waals surface area contributed by atoms with Crippen LogP contribution >= 0.6 is 11.8 Å². The van der Waals surface area contributed by atoms with Crippen molar-refractivity contribution < 1.29 is 0 Å². The Labute approximate surface area is 103 Å². The molecule has 6 heteroatoms. The molecule has 0 radical (unpaired) electrons. The maximum Gasteiger partial charge on any atom is 0.125 e. The summed E-state index contributed by atoms with van der Waals surface area (Å²) in [5, 5.41) is 8.91. The smallest absolute Gasteiger partial charge is 0.125 e. The van der Waals surface area contributed by atoms with Crippen molar-refractivity contribution in [3.8, 4) is 0 Å². The lowest BCUT2D eigenvalue weighted by Gasteiger charge is -2.06. The number of rotatable bonds is 3. The molecule has 0 aliphatic rings. The normalized spacial score (nSPS) is 10.2. The van der Waals surface area contributed by atoms with E-state index in [0.29, 0.717) is 10.6 Å². The predicted octanol–water partition coefficient (Wildman–Crippen LogP) is 1.62. The third-order valence-electron chi connectivity index (χ3n) is 2.03. The minimum absolute atomic E-state index is 0.00360. The summed E-state index contributed by atoms with van der Waals surface area (Å²) in [6, 6.07) is 3.63. The van der Waals surface area contributed by atoms with Crippen molar-refractivity contribution in [1.82, 2.24) is 15.0 Å². The first-order valence-corrected chi connectivity index (χ1v) is 5.74. The summed E-state index contributed by atoms with van der Waals surface area (Å²) < 4.78 is 0. The molecule has 0 aliphatic heterocycles. The summed E-state index contributed by atoms with van der Waals surface area (Å²) in [6.45, 7) is 1.89. The fourth-order valence-electron chi connectivity index (χ4n) is 1.25. The first kappa shape index (κ1) is 11.5. The minimum atomic E-state index is 0.00360. The molecule has 0 spiro atoms. The van der Waals surface area contributed by atoms with E-state index in [1.54, 1.807) is 24.7 Å². The molecular formula is C11H11N5S. The van der Waals surface area contributed by atoms with Gasteiger partial charge < -0.3 is 5.73 Å². The van der Waals surface area contributed by atoms with Gasteiger partial charge in [-0.25, -0.2) is 9.97 Å². The maximum absolute atomic E-state index is 7.50. The molecule has 2 aromatic heterocycles. The average Bonchev–Trinajstić information content (AvgIpc) is 2.30. The maximum atomic E-state index is 7.50. The first-order chi connectivity index (χ1) is 8.16. The number of nitrogens with zero attached hydrogens (tertiary/aromatic N) is 3. The Morgan fingerprint density at radius 1 is 1.35 bits per heavy atom. The third-order valence-corrected chi connectivity index (χ3v) is 2.95. The molecule has 2 aromatic rings. The number of nitrogen functional groups attached to an aromatic ring is 1. The average molecular weight is 245 g/mol. The van der Waals surface area contributed by atoms with E-state index in [1.807, 2.05) is 13.0 Å². The molecule has 0 bridgehead atoms. The van der Waals surface area contributed by atoms with Gasteiger partial charge in [0.15, 0.2) is 0 Å². The molecule has 0 amide bonds. The van der Waals surface area contributed by atoms with Gasteiger partial charge in [-0.15, -0.1) is 0 Å². The zero-order valence-corrected chi connectivity index (χ0v) is 10.0. The van der Waals surface area contributed by atoms with Gasteiger partial charge in [0.25, 0.3) is 0 Å². The second kappa shape index (κ2) is 4.92. The highest BCUT2D eigenvalue weighted by Crippen LogP contribution is 2.26. The van der Waals surface area contributed by atoms with Crippen LogP contribution in [-0.4, -0.2) is 20.8 Å². The Kier molecular flexibility index (Phi) is 3.34. The number of hydrogen-bond donors (Lipinski definition) is 2. The van der Waals surface area contributed by atoms with E-state index in [1.165, 1.54) is 11.8 Å². The monoisotopic (exact) mass is 245 g/mol. The second-order valence-electron chi connectivity index (χ2n) is 3.36. The van der Waals surface area contributed by atoms with Crippen LogP contribution in [-0.2, 0) is 0 Å². The zero-order chi connectivity index (χ0) is 12.3. The van der Waals surface area contributed by atoms with Crippen LogP contribution in [0.1, 0.15) is 11.3 Å². The highest BCUT2D eigenvalue weighted by molar-refractivity contribution is 7.99. The van der Waals surface area contributed by atoms with E-state index in [-0.39, 0.29) is 5.84 Å². The van der Waals surface area contributed by atoms with Gasteiger partial charge in [0, 0.05) is 23.7 Å². The highest BCUT2D eigenvalue weighted by Gasteiger charge is 2.09. The molecule has 3 N–H and O–H groups in total. The van der Waals surface area contributed by atoms with Crippen LogP contribution in [0.5, 0.6) is 0 Å². The quantitative estimate of drug-likeness (QED) is 0.633. The Morgan fingerprint density at radius 3 is 2.82 bits per heavy atom. The van der Waals surface area contributed by atoms with E-state index in [0.717, 1.165) is 10.7 Å². The lowest BCUT2D eigenvalue weighted by molar-refractivity contribution is 1.02. The lowest BCUT2D eigenvalue weighted by atomic mass is 10.2. The van der Waals surface area contributed by atoms with Gasteiger partial charge >= 0.3 is 0 Å². The molecule has 5 nitrogen and oxygen atoms in total. The molecule has 86 valence electrons. The fourth-order valence-corrected chi connectivity index (χ4v) is 2.16.